The Morgan fingerprint density at radius 3 is 3.04 bits per heavy atom. The van der Waals surface area contributed by atoms with Crippen LogP contribution in [0.25, 0.3) is 5.82 Å². The summed E-state index contributed by atoms with van der Waals surface area (Å²) in [5.41, 5.74) is 0. The highest BCUT2D eigenvalue weighted by Crippen LogP contribution is 2.28. The van der Waals surface area contributed by atoms with E-state index in [-0.39, 0.29) is 18.2 Å². The smallest absolute Gasteiger partial charge is 0.227 e. The third kappa shape index (κ3) is 2.79. The molecule has 4 rings (SSSR count). The molecule has 0 aliphatic carbocycles. The zero-order chi connectivity index (χ0) is 17.4. The number of aromatic nitrogens is 8. The van der Waals surface area contributed by atoms with Gasteiger partial charge in [0.15, 0.2) is 11.6 Å². The van der Waals surface area contributed by atoms with Gasteiger partial charge < -0.3 is 5.32 Å². The van der Waals surface area contributed by atoms with Crippen LogP contribution in [-0.2, 0) is 31.2 Å². The van der Waals surface area contributed by atoms with Gasteiger partial charge in [-0.15, -0.1) is 5.10 Å². The van der Waals surface area contributed by atoms with Crippen molar-refractivity contribution in [1.82, 2.24) is 44.6 Å². The Balaban J connectivity index is 1.72. The van der Waals surface area contributed by atoms with E-state index in [4.69, 9.17) is 0 Å². The number of hydrogen-bond donors (Lipinski definition) is 1. The lowest BCUT2D eigenvalue weighted by Crippen LogP contribution is -2.23. The van der Waals surface area contributed by atoms with Crippen molar-refractivity contribution in [2.75, 3.05) is 7.05 Å². The molecule has 0 aromatic carbocycles. The first-order chi connectivity index (χ1) is 12.2. The first kappa shape index (κ1) is 15.5. The van der Waals surface area contributed by atoms with Gasteiger partial charge in [0.25, 0.3) is 0 Å². The molecule has 10 nitrogen and oxygen atoms in total. The van der Waals surface area contributed by atoms with Gasteiger partial charge in [-0.2, -0.15) is 14.9 Å². The predicted octanol–water partition coefficient (Wildman–Crippen LogP) is -0.389. The Hall–Kier alpha value is -3.04. The zero-order valence-electron chi connectivity index (χ0n) is 14.1. The Kier molecular flexibility index (Phi) is 3.79. The minimum atomic E-state index is -0.115. The van der Waals surface area contributed by atoms with E-state index in [1.54, 1.807) is 28.9 Å². The number of hydrogen-bond acceptors (Lipinski definition) is 6. The molecule has 25 heavy (non-hydrogen) atoms. The van der Waals surface area contributed by atoms with Gasteiger partial charge in [0.05, 0.1) is 19.2 Å². The first-order valence-electron chi connectivity index (χ1n) is 8.17. The summed E-state index contributed by atoms with van der Waals surface area (Å²) in [7, 11) is 3.46. The number of likely N-dealkylation sites (N-methyl/N-ethyl adjacent to an activating group) is 1. The lowest BCUT2D eigenvalue weighted by atomic mass is 9.99. The van der Waals surface area contributed by atoms with Gasteiger partial charge in [0, 0.05) is 32.5 Å². The Morgan fingerprint density at radius 1 is 1.40 bits per heavy atom. The highest BCUT2D eigenvalue weighted by molar-refractivity contribution is 5.77. The van der Waals surface area contributed by atoms with Gasteiger partial charge in [-0.05, 0) is 6.42 Å². The minimum absolute atomic E-state index is 0.115. The van der Waals surface area contributed by atoms with Crippen molar-refractivity contribution in [2.24, 2.45) is 7.05 Å². The summed E-state index contributed by atoms with van der Waals surface area (Å²) in [6.07, 6.45) is 5.20. The average molecular weight is 341 g/mol. The van der Waals surface area contributed by atoms with Crippen molar-refractivity contribution in [3.05, 3.63) is 36.1 Å². The maximum atomic E-state index is 11.7. The number of fused-ring (bicyclic) bond motifs is 1. The highest BCUT2D eigenvalue weighted by atomic mass is 16.1. The van der Waals surface area contributed by atoms with Crippen molar-refractivity contribution in [2.45, 2.75) is 31.7 Å². The molecule has 1 atom stereocenters. The van der Waals surface area contributed by atoms with E-state index in [1.165, 1.54) is 0 Å². The Morgan fingerprint density at radius 2 is 2.28 bits per heavy atom. The van der Waals surface area contributed by atoms with Crippen LogP contribution >= 0.6 is 0 Å². The molecule has 4 heterocycles. The molecule has 0 saturated heterocycles. The van der Waals surface area contributed by atoms with Crippen LogP contribution in [0.5, 0.6) is 0 Å². The quantitative estimate of drug-likeness (QED) is 0.692. The fourth-order valence-corrected chi connectivity index (χ4v) is 3.13. The molecular weight excluding hydrogens is 322 g/mol. The fourth-order valence-electron chi connectivity index (χ4n) is 3.13. The van der Waals surface area contributed by atoms with Crippen LogP contribution in [-0.4, -0.2) is 52.3 Å². The van der Waals surface area contributed by atoms with E-state index < -0.39 is 0 Å². The van der Waals surface area contributed by atoms with Crippen molar-refractivity contribution < 1.29 is 4.79 Å². The molecule has 1 aliphatic heterocycles. The first-order valence-corrected chi connectivity index (χ1v) is 8.17. The third-order valence-corrected chi connectivity index (χ3v) is 4.46. The van der Waals surface area contributed by atoms with Crippen molar-refractivity contribution in [3.63, 3.8) is 0 Å². The average Bonchev–Trinajstić information content (AvgIpc) is 3.32. The largest absolute Gasteiger partial charge is 0.359 e. The van der Waals surface area contributed by atoms with Crippen LogP contribution in [0.2, 0.25) is 0 Å². The zero-order valence-corrected chi connectivity index (χ0v) is 14.1. The number of carbonyl (C=O) groups is 1. The predicted molar refractivity (Wildman–Crippen MR) is 87.0 cm³/mol. The summed E-state index contributed by atoms with van der Waals surface area (Å²) in [5.74, 6) is 3.16. The summed E-state index contributed by atoms with van der Waals surface area (Å²) in [4.78, 5) is 20.7. The van der Waals surface area contributed by atoms with Gasteiger partial charge in [-0.3, -0.25) is 9.48 Å². The molecule has 0 fully saturated rings. The molecule has 1 amide bonds. The molecule has 1 unspecified atom stereocenters. The molecule has 3 aromatic heterocycles. The number of rotatable bonds is 4. The lowest BCUT2D eigenvalue weighted by Gasteiger charge is -2.22. The second kappa shape index (κ2) is 6.11. The van der Waals surface area contributed by atoms with Gasteiger partial charge >= 0.3 is 0 Å². The van der Waals surface area contributed by atoms with Crippen LogP contribution < -0.4 is 5.32 Å². The van der Waals surface area contributed by atoms with E-state index >= 15 is 0 Å². The van der Waals surface area contributed by atoms with Crippen LogP contribution in [0, 0.1) is 0 Å². The summed E-state index contributed by atoms with van der Waals surface area (Å²) in [6.45, 7) is 0.700. The molecule has 3 aromatic rings. The van der Waals surface area contributed by atoms with Crippen LogP contribution in [0.15, 0.2) is 18.6 Å². The Bertz CT molecular complexity index is 906. The molecule has 0 saturated carbocycles. The van der Waals surface area contributed by atoms with Gasteiger partial charge in [-0.1, -0.05) is 0 Å². The van der Waals surface area contributed by atoms with Gasteiger partial charge in [-0.25, -0.2) is 14.6 Å². The number of carbonyl (C=O) groups excluding carboxylic acids is 1. The highest BCUT2D eigenvalue weighted by Gasteiger charge is 2.28. The topological polar surface area (TPSA) is 108 Å². The van der Waals surface area contributed by atoms with Crippen molar-refractivity contribution >= 4 is 5.91 Å². The molecule has 0 bridgehead atoms. The lowest BCUT2D eigenvalue weighted by molar-refractivity contribution is -0.120. The van der Waals surface area contributed by atoms with Crippen molar-refractivity contribution in [3.8, 4) is 5.82 Å². The molecule has 1 aliphatic rings. The number of amides is 1. The second-order valence-corrected chi connectivity index (χ2v) is 6.05. The van der Waals surface area contributed by atoms with E-state index in [1.807, 2.05) is 17.8 Å². The Labute approximate surface area is 143 Å². The SMILES string of the molecule is CNC(=O)Cc1nc(C2CCc3ncnn3C2)n(-c2ccnn2C)n1. The maximum Gasteiger partial charge on any atom is 0.227 e. The number of nitrogens with zero attached hydrogens (tertiary/aromatic N) is 8. The van der Waals surface area contributed by atoms with Gasteiger partial charge in [0.1, 0.15) is 18.0 Å². The number of nitrogens with one attached hydrogen (secondary N) is 1. The van der Waals surface area contributed by atoms with Crippen LogP contribution in [0.3, 0.4) is 0 Å². The van der Waals surface area contributed by atoms with E-state index in [2.05, 4.69) is 30.6 Å². The third-order valence-electron chi connectivity index (χ3n) is 4.46. The van der Waals surface area contributed by atoms with E-state index in [0.717, 1.165) is 30.3 Å². The maximum absolute atomic E-state index is 11.7. The summed E-state index contributed by atoms with van der Waals surface area (Å²) < 4.78 is 5.44. The summed E-state index contributed by atoms with van der Waals surface area (Å²) in [6, 6.07) is 1.88. The monoisotopic (exact) mass is 341 g/mol. The van der Waals surface area contributed by atoms with Crippen molar-refractivity contribution in [1.29, 1.82) is 0 Å². The molecule has 1 N–H and O–H groups in total. The van der Waals surface area contributed by atoms with Gasteiger partial charge in [0.2, 0.25) is 5.91 Å². The molecular formula is C15H19N9O. The van der Waals surface area contributed by atoms with E-state index in [0.29, 0.717) is 12.4 Å². The molecule has 0 radical (unpaired) electrons. The molecule has 0 spiro atoms. The minimum Gasteiger partial charge on any atom is -0.359 e. The number of aryl methyl sites for hydroxylation is 2. The molecule has 130 valence electrons. The molecule has 10 heteroatoms. The van der Waals surface area contributed by atoms with Crippen LogP contribution in [0.4, 0.5) is 0 Å². The van der Waals surface area contributed by atoms with E-state index in [9.17, 15) is 4.79 Å². The second-order valence-electron chi connectivity index (χ2n) is 6.05. The van der Waals surface area contributed by atoms with Crippen LogP contribution in [0.1, 0.15) is 29.8 Å². The summed E-state index contributed by atoms with van der Waals surface area (Å²) >= 11 is 0. The normalized spacial score (nSPS) is 16.6. The fraction of sp³-hybridized carbons (Fsp3) is 0.467. The summed E-state index contributed by atoms with van der Waals surface area (Å²) in [5, 5.41) is 15.7. The standard InChI is InChI=1S/C15H19N9O/c1-16-13(25)7-11-20-15(24(21-11)14-5-6-18-22(14)2)10-3-4-12-17-9-19-23(12)8-10/h5-6,9-10H,3-4,7-8H2,1-2H3,(H,16,25).